The van der Waals surface area contributed by atoms with Crippen molar-refractivity contribution in [2.75, 3.05) is 17.3 Å². The summed E-state index contributed by atoms with van der Waals surface area (Å²) in [4.78, 5) is 2.07. The molecule has 4 rings (SSSR count). The number of nitrogens with zero attached hydrogens (tertiary/aromatic N) is 3. The highest BCUT2D eigenvalue weighted by molar-refractivity contribution is 5.77. The molecule has 5 heteroatoms. The van der Waals surface area contributed by atoms with E-state index in [4.69, 9.17) is 4.74 Å². The molecule has 0 unspecified atom stereocenters. The first-order chi connectivity index (χ1) is 11.3. The Labute approximate surface area is 134 Å². The Morgan fingerprint density at radius 3 is 2.61 bits per heavy atom. The van der Waals surface area contributed by atoms with E-state index < -0.39 is 0 Å². The van der Waals surface area contributed by atoms with E-state index >= 15 is 0 Å². The van der Waals surface area contributed by atoms with Gasteiger partial charge in [0.25, 0.3) is 5.88 Å². The van der Waals surface area contributed by atoms with Crippen LogP contribution in [0.4, 0.5) is 17.2 Å². The normalized spacial score (nSPS) is 12.1. The first-order valence-electron chi connectivity index (χ1n) is 7.47. The fourth-order valence-corrected chi connectivity index (χ4v) is 2.61. The second kappa shape index (κ2) is 5.61. The van der Waals surface area contributed by atoms with Gasteiger partial charge in [-0.2, -0.15) is 0 Å². The lowest BCUT2D eigenvalue weighted by atomic mass is 10.2. The maximum absolute atomic E-state index is 5.82. The second-order valence-corrected chi connectivity index (χ2v) is 5.39. The molecule has 5 nitrogen and oxygen atoms in total. The Balaban J connectivity index is 1.58. The standard InChI is InChI=1S/C18H16N4O/c1-22-14-9-5-6-10-16(14)23-18-15(22)11-17(20-21-18)19-12-13-7-3-2-4-8-13/h2-11H,12H2,1H3,(H,19,20). The lowest BCUT2D eigenvalue weighted by Gasteiger charge is -2.28. The molecule has 0 amide bonds. The van der Waals surface area contributed by atoms with Gasteiger partial charge in [-0.25, -0.2) is 0 Å². The van der Waals surface area contributed by atoms with E-state index in [9.17, 15) is 0 Å². The molecule has 0 aliphatic carbocycles. The van der Waals surface area contributed by atoms with E-state index in [1.165, 1.54) is 5.56 Å². The van der Waals surface area contributed by atoms with Crippen LogP contribution in [0.3, 0.4) is 0 Å². The van der Waals surface area contributed by atoms with E-state index in [0.717, 1.165) is 22.9 Å². The second-order valence-electron chi connectivity index (χ2n) is 5.39. The minimum absolute atomic E-state index is 0.525. The Morgan fingerprint density at radius 1 is 0.957 bits per heavy atom. The van der Waals surface area contributed by atoms with Crippen molar-refractivity contribution in [2.45, 2.75) is 6.54 Å². The monoisotopic (exact) mass is 304 g/mol. The van der Waals surface area contributed by atoms with E-state index in [2.05, 4.69) is 32.5 Å². The smallest absolute Gasteiger partial charge is 0.263 e. The third-order valence-corrected chi connectivity index (χ3v) is 3.85. The number of hydrogen-bond acceptors (Lipinski definition) is 5. The molecule has 114 valence electrons. The summed E-state index contributed by atoms with van der Waals surface area (Å²) in [6.45, 7) is 0.704. The first kappa shape index (κ1) is 13.6. The minimum Gasteiger partial charge on any atom is -0.434 e. The third-order valence-electron chi connectivity index (χ3n) is 3.85. The zero-order valence-electron chi connectivity index (χ0n) is 12.7. The number of rotatable bonds is 3. The molecule has 23 heavy (non-hydrogen) atoms. The van der Waals surface area contributed by atoms with Gasteiger partial charge >= 0.3 is 0 Å². The molecule has 2 aromatic carbocycles. The number of nitrogens with one attached hydrogen (secondary N) is 1. The number of anilines is 3. The fourth-order valence-electron chi connectivity index (χ4n) is 2.61. The average molecular weight is 304 g/mol. The van der Waals surface area contributed by atoms with Crippen molar-refractivity contribution in [3.63, 3.8) is 0 Å². The van der Waals surface area contributed by atoms with Crippen LogP contribution < -0.4 is 15.0 Å². The topological polar surface area (TPSA) is 50.3 Å². The molecular formula is C18H16N4O. The average Bonchev–Trinajstić information content (AvgIpc) is 2.61. The Kier molecular flexibility index (Phi) is 3.31. The van der Waals surface area contributed by atoms with Crippen molar-refractivity contribution in [3.8, 4) is 11.6 Å². The van der Waals surface area contributed by atoms with Crippen LogP contribution in [-0.4, -0.2) is 17.2 Å². The van der Waals surface area contributed by atoms with Crippen LogP contribution in [0.5, 0.6) is 11.6 Å². The summed E-state index contributed by atoms with van der Waals surface area (Å²) in [5.74, 6) is 2.04. The minimum atomic E-state index is 0.525. The Bertz CT molecular complexity index is 835. The van der Waals surface area contributed by atoms with Crippen LogP contribution >= 0.6 is 0 Å². The van der Waals surface area contributed by atoms with Gasteiger partial charge in [0.15, 0.2) is 11.6 Å². The number of para-hydroxylation sites is 2. The maximum atomic E-state index is 5.82. The van der Waals surface area contributed by atoms with Crippen molar-refractivity contribution in [1.29, 1.82) is 0 Å². The van der Waals surface area contributed by atoms with Gasteiger partial charge in [0.1, 0.15) is 5.69 Å². The number of ether oxygens (including phenoxy) is 1. The molecule has 0 bridgehead atoms. The SMILES string of the molecule is CN1c2ccccc2Oc2nnc(NCc3ccccc3)cc21. The molecule has 2 heterocycles. The summed E-state index contributed by atoms with van der Waals surface area (Å²) in [5.41, 5.74) is 3.11. The predicted octanol–water partition coefficient (Wildman–Crippen LogP) is 3.96. The summed E-state index contributed by atoms with van der Waals surface area (Å²) in [6.07, 6.45) is 0. The third kappa shape index (κ3) is 2.57. The van der Waals surface area contributed by atoms with Gasteiger partial charge in [0, 0.05) is 19.7 Å². The van der Waals surface area contributed by atoms with E-state index in [1.54, 1.807) is 0 Å². The maximum Gasteiger partial charge on any atom is 0.263 e. The van der Waals surface area contributed by atoms with Crippen LogP contribution in [0, 0.1) is 0 Å². The molecule has 1 aliphatic heterocycles. The molecule has 0 radical (unpaired) electrons. The summed E-state index contributed by atoms with van der Waals surface area (Å²) >= 11 is 0. The summed E-state index contributed by atoms with van der Waals surface area (Å²) in [7, 11) is 2.00. The van der Waals surface area contributed by atoms with Gasteiger partial charge in [-0.05, 0) is 17.7 Å². The molecule has 0 atom stereocenters. The predicted molar refractivity (Wildman–Crippen MR) is 90.4 cm³/mol. The lowest BCUT2D eigenvalue weighted by molar-refractivity contribution is 0.449. The lowest BCUT2D eigenvalue weighted by Crippen LogP contribution is -2.17. The van der Waals surface area contributed by atoms with Gasteiger partial charge in [0.05, 0.1) is 5.69 Å². The van der Waals surface area contributed by atoms with Gasteiger partial charge in [-0.3, -0.25) is 0 Å². The molecular weight excluding hydrogens is 288 g/mol. The molecule has 3 aromatic rings. The number of fused-ring (bicyclic) bond motifs is 2. The Morgan fingerprint density at radius 2 is 1.74 bits per heavy atom. The van der Waals surface area contributed by atoms with Gasteiger partial charge in [-0.1, -0.05) is 42.5 Å². The summed E-state index contributed by atoms with van der Waals surface area (Å²) in [6, 6.07) is 20.0. The van der Waals surface area contributed by atoms with Crippen LogP contribution in [0.15, 0.2) is 60.7 Å². The quantitative estimate of drug-likeness (QED) is 0.793. The molecule has 1 aromatic heterocycles. The number of aromatic nitrogens is 2. The zero-order chi connectivity index (χ0) is 15.6. The van der Waals surface area contributed by atoms with Crippen LogP contribution in [0.1, 0.15) is 5.56 Å². The summed E-state index contributed by atoms with van der Waals surface area (Å²) in [5, 5.41) is 11.7. The van der Waals surface area contributed by atoms with Crippen LogP contribution in [0.25, 0.3) is 0 Å². The molecule has 0 saturated carbocycles. The molecule has 1 N–H and O–H groups in total. The van der Waals surface area contributed by atoms with Crippen molar-refractivity contribution in [2.24, 2.45) is 0 Å². The van der Waals surface area contributed by atoms with Gasteiger partial charge in [-0.15, -0.1) is 10.2 Å². The molecule has 0 fully saturated rings. The highest BCUT2D eigenvalue weighted by atomic mass is 16.5. The fraction of sp³-hybridized carbons (Fsp3) is 0.111. The van der Waals surface area contributed by atoms with Crippen molar-refractivity contribution in [3.05, 3.63) is 66.2 Å². The Hall–Kier alpha value is -3.08. The molecule has 1 aliphatic rings. The summed E-state index contributed by atoms with van der Waals surface area (Å²) < 4.78 is 5.82. The number of benzene rings is 2. The molecule has 0 spiro atoms. The molecule has 0 saturated heterocycles. The van der Waals surface area contributed by atoms with Crippen molar-refractivity contribution < 1.29 is 4.74 Å². The van der Waals surface area contributed by atoms with Crippen molar-refractivity contribution in [1.82, 2.24) is 10.2 Å². The van der Waals surface area contributed by atoms with E-state index in [0.29, 0.717) is 12.4 Å². The largest absolute Gasteiger partial charge is 0.434 e. The highest BCUT2D eigenvalue weighted by Crippen LogP contribution is 2.44. The zero-order valence-corrected chi connectivity index (χ0v) is 12.7. The van der Waals surface area contributed by atoms with Gasteiger partial charge in [0.2, 0.25) is 0 Å². The number of hydrogen-bond donors (Lipinski definition) is 1. The first-order valence-corrected chi connectivity index (χ1v) is 7.47. The van der Waals surface area contributed by atoms with E-state index in [1.807, 2.05) is 55.6 Å². The van der Waals surface area contributed by atoms with E-state index in [-0.39, 0.29) is 0 Å². The van der Waals surface area contributed by atoms with Crippen LogP contribution in [-0.2, 0) is 6.54 Å². The van der Waals surface area contributed by atoms with Crippen molar-refractivity contribution >= 4 is 17.2 Å². The van der Waals surface area contributed by atoms with Gasteiger partial charge < -0.3 is 15.0 Å². The highest BCUT2D eigenvalue weighted by Gasteiger charge is 2.23. The van der Waals surface area contributed by atoms with Crippen LogP contribution in [0.2, 0.25) is 0 Å².